The molecule has 204 valence electrons. The van der Waals surface area contributed by atoms with E-state index in [2.05, 4.69) is 27.7 Å². The van der Waals surface area contributed by atoms with E-state index >= 15 is 0 Å². The summed E-state index contributed by atoms with van der Waals surface area (Å²) in [4.78, 5) is 26.6. The Morgan fingerprint density at radius 3 is 2.46 bits per heavy atom. The number of fused-ring (bicyclic) bond motifs is 5. The molecular weight excluding hydrogens is 460 g/mol. The Balaban J connectivity index is 1.26. The molecule has 0 saturated heterocycles. The van der Waals surface area contributed by atoms with Crippen molar-refractivity contribution in [3.05, 3.63) is 35.9 Å². The Labute approximate surface area is 223 Å². The van der Waals surface area contributed by atoms with E-state index in [1.165, 1.54) is 12.8 Å². The second kappa shape index (κ2) is 10.5. The zero-order chi connectivity index (χ0) is 26.4. The van der Waals surface area contributed by atoms with Crippen LogP contribution in [0.15, 0.2) is 30.3 Å². The van der Waals surface area contributed by atoms with Gasteiger partial charge in [-0.1, -0.05) is 58.0 Å². The molecule has 0 bridgehead atoms. The molecule has 0 aliphatic heterocycles. The number of benzene rings is 1. The summed E-state index contributed by atoms with van der Waals surface area (Å²) in [6, 6.07) is 9.88. The second-order valence-corrected chi connectivity index (χ2v) is 13.6. The van der Waals surface area contributed by atoms with Crippen LogP contribution in [0.4, 0.5) is 0 Å². The minimum atomic E-state index is -0.235. The standard InChI is InChI=1S/C33H48O4/c1-5-24-28-19-23(34)15-17-33(28,4)27-16-18-32(3)25(12-13-26(32)30(27)31(24)36)21(2)11-14-29(35)37-20-22-9-7-6-8-10-22/h6-10,21,23-28,30,34H,5,11-20H2,1-4H3/t21-,23-,24?,25-,26+,27+,28+,30+,32-,33-/m1/s1. The maximum absolute atomic E-state index is 14.1. The Kier molecular flexibility index (Phi) is 7.62. The van der Waals surface area contributed by atoms with E-state index < -0.39 is 0 Å². The molecule has 4 aliphatic carbocycles. The van der Waals surface area contributed by atoms with Crippen LogP contribution in [0.3, 0.4) is 0 Å². The van der Waals surface area contributed by atoms with Gasteiger partial charge in [0.15, 0.2) is 0 Å². The SMILES string of the molecule is CCC1C(=O)[C@@H]2[C@H](CC[C@]3(C)[C@@H]([C@H](C)CCC(=O)OCc4ccccc4)CC[C@@H]23)[C@@]2(C)CC[C@@H](O)C[C@@H]12. The summed E-state index contributed by atoms with van der Waals surface area (Å²) < 4.78 is 5.55. The molecule has 1 unspecified atom stereocenters. The zero-order valence-corrected chi connectivity index (χ0v) is 23.5. The van der Waals surface area contributed by atoms with Gasteiger partial charge in [0.2, 0.25) is 0 Å². The van der Waals surface area contributed by atoms with Crippen LogP contribution in [0.25, 0.3) is 0 Å². The molecule has 37 heavy (non-hydrogen) atoms. The summed E-state index contributed by atoms with van der Waals surface area (Å²) in [6.45, 7) is 9.80. The lowest BCUT2D eigenvalue weighted by atomic mass is 9.42. The maximum Gasteiger partial charge on any atom is 0.306 e. The first-order chi connectivity index (χ1) is 17.7. The van der Waals surface area contributed by atoms with Gasteiger partial charge >= 0.3 is 5.97 Å². The molecule has 0 amide bonds. The predicted octanol–water partition coefficient (Wildman–Crippen LogP) is 6.98. The van der Waals surface area contributed by atoms with Gasteiger partial charge in [0.05, 0.1) is 6.10 Å². The maximum atomic E-state index is 14.1. The number of ketones is 1. The first-order valence-electron chi connectivity index (χ1n) is 15.1. The van der Waals surface area contributed by atoms with Gasteiger partial charge in [-0.05, 0) is 104 Å². The van der Waals surface area contributed by atoms with Crippen LogP contribution in [-0.2, 0) is 20.9 Å². The van der Waals surface area contributed by atoms with Gasteiger partial charge in [-0.15, -0.1) is 0 Å². The molecule has 4 fully saturated rings. The summed E-state index contributed by atoms with van der Waals surface area (Å²) in [6.07, 6.45) is 9.43. The summed E-state index contributed by atoms with van der Waals surface area (Å²) >= 11 is 0. The summed E-state index contributed by atoms with van der Waals surface area (Å²) in [5, 5.41) is 10.5. The lowest BCUT2D eigenvalue weighted by Crippen LogP contribution is -2.60. The highest BCUT2D eigenvalue weighted by Crippen LogP contribution is 2.68. The van der Waals surface area contributed by atoms with Crippen LogP contribution in [0.5, 0.6) is 0 Å². The minimum absolute atomic E-state index is 0.106. The number of esters is 1. The predicted molar refractivity (Wildman–Crippen MR) is 145 cm³/mol. The Bertz CT molecular complexity index is 974. The molecule has 0 spiro atoms. The van der Waals surface area contributed by atoms with Gasteiger partial charge in [-0.3, -0.25) is 9.59 Å². The van der Waals surface area contributed by atoms with E-state index in [0.29, 0.717) is 48.4 Å². The fourth-order valence-electron chi connectivity index (χ4n) is 9.97. The molecule has 4 saturated carbocycles. The third kappa shape index (κ3) is 4.70. The van der Waals surface area contributed by atoms with E-state index in [9.17, 15) is 14.7 Å². The molecule has 5 rings (SSSR count). The van der Waals surface area contributed by atoms with Crippen molar-refractivity contribution in [3.63, 3.8) is 0 Å². The third-order valence-electron chi connectivity index (χ3n) is 11.9. The molecule has 0 heterocycles. The van der Waals surface area contributed by atoms with Crippen molar-refractivity contribution >= 4 is 11.8 Å². The molecule has 10 atom stereocenters. The van der Waals surface area contributed by atoms with Crippen molar-refractivity contribution in [1.82, 2.24) is 0 Å². The molecule has 1 aromatic rings. The number of aliphatic hydroxyl groups excluding tert-OH is 1. The quantitative estimate of drug-likeness (QED) is 0.404. The first-order valence-corrected chi connectivity index (χ1v) is 15.1. The molecule has 0 aromatic heterocycles. The topological polar surface area (TPSA) is 63.6 Å². The highest BCUT2D eigenvalue weighted by Gasteiger charge is 2.65. The van der Waals surface area contributed by atoms with Crippen LogP contribution in [0, 0.1) is 52.3 Å². The van der Waals surface area contributed by atoms with Gasteiger partial charge in [-0.25, -0.2) is 0 Å². The average molecular weight is 509 g/mol. The van der Waals surface area contributed by atoms with E-state index in [-0.39, 0.29) is 34.7 Å². The number of Topliss-reactive ketones (excluding diaryl/α,β-unsaturated/α-hetero) is 1. The fourth-order valence-corrected chi connectivity index (χ4v) is 9.97. The lowest BCUT2D eigenvalue weighted by Gasteiger charge is -2.62. The molecule has 4 heteroatoms. The smallest absolute Gasteiger partial charge is 0.306 e. The molecular formula is C33H48O4. The second-order valence-electron chi connectivity index (χ2n) is 13.6. The number of carbonyl (C=O) groups excluding carboxylic acids is 2. The highest BCUT2D eigenvalue weighted by molar-refractivity contribution is 5.86. The lowest BCUT2D eigenvalue weighted by molar-refractivity contribution is -0.173. The van der Waals surface area contributed by atoms with Crippen LogP contribution in [0.2, 0.25) is 0 Å². The molecule has 4 nitrogen and oxygen atoms in total. The van der Waals surface area contributed by atoms with E-state index in [1.54, 1.807) is 0 Å². The van der Waals surface area contributed by atoms with E-state index in [0.717, 1.165) is 50.5 Å². The van der Waals surface area contributed by atoms with Crippen LogP contribution < -0.4 is 0 Å². The summed E-state index contributed by atoms with van der Waals surface area (Å²) in [5.41, 5.74) is 1.39. The zero-order valence-electron chi connectivity index (χ0n) is 23.5. The normalized spacial score (nSPS) is 41.9. The largest absolute Gasteiger partial charge is 0.461 e. The summed E-state index contributed by atoms with van der Waals surface area (Å²) in [7, 11) is 0. The summed E-state index contributed by atoms with van der Waals surface area (Å²) in [5.74, 6) is 3.01. The number of hydrogen-bond acceptors (Lipinski definition) is 4. The highest BCUT2D eigenvalue weighted by atomic mass is 16.5. The van der Waals surface area contributed by atoms with E-state index in [4.69, 9.17) is 4.74 Å². The van der Waals surface area contributed by atoms with Gasteiger partial charge in [0.25, 0.3) is 0 Å². The van der Waals surface area contributed by atoms with Gasteiger partial charge in [-0.2, -0.15) is 0 Å². The number of hydrogen-bond donors (Lipinski definition) is 1. The van der Waals surface area contributed by atoms with Crippen molar-refractivity contribution in [2.45, 2.75) is 105 Å². The van der Waals surface area contributed by atoms with Gasteiger partial charge < -0.3 is 9.84 Å². The Morgan fingerprint density at radius 1 is 1.03 bits per heavy atom. The minimum Gasteiger partial charge on any atom is -0.461 e. The van der Waals surface area contributed by atoms with Crippen molar-refractivity contribution in [2.75, 3.05) is 0 Å². The molecule has 1 aromatic carbocycles. The number of aliphatic hydroxyl groups is 1. The van der Waals surface area contributed by atoms with Crippen molar-refractivity contribution in [3.8, 4) is 0 Å². The van der Waals surface area contributed by atoms with Crippen LogP contribution in [-0.4, -0.2) is 23.0 Å². The number of rotatable bonds is 7. The van der Waals surface area contributed by atoms with Gasteiger partial charge in [0.1, 0.15) is 12.4 Å². The Morgan fingerprint density at radius 2 is 1.73 bits per heavy atom. The van der Waals surface area contributed by atoms with Gasteiger partial charge in [0, 0.05) is 18.3 Å². The van der Waals surface area contributed by atoms with E-state index in [1.807, 2.05) is 30.3 Å². The fraction of sp³-hybridized carbons (Fsp3) is 0.758. The monoisotopic (exact) mass is 508 g/mol. The molecule has 4 aliphatic rings. The molecule has 1 N–H and O–H groups in total. The van der Waals surface area contributed by atoms with Crippen molar-refractivity contribution < 1.29 is 19.4 Å². The number of carbonyl (C=O) groups is 2. The first kappa shape index (κ1) is 26.9. The van der Waals surface area contributed by atoms with Crippen molar-refractivity contribution in [2.24, 2.45) is 52.3 Å². The molecule has 0 radical (unpaired) electrons. The van der Waals surface area contributed by atoms with Crippen LogP contribution in [0.1, 0.15) is 97.5 Å². The average Bonchev–Trinajstić information content (AvgIpc) is 3.25. The third-order valence-corrected chi connectivity index (χ3v) is 11.9. The van der Waals surface area contributed by atoms with Crippen LogP contribution >= 0.6 is 0 Å². The number of ether oxygens (including phenoxy) is 1. The van der Waals surface area contributed by atoms with Crippen molar-refractivity contribution in [1.29, 1.82) is 0 Å². The Hall–Kier alpha value is -1.68.